The Hall–Kier alpha value is -1.62. The molecule has 1 rings (SSSR count). The zero-order chi connectivity index (χ0) is 7.56. The van der Waals surface area contributed by atoms with E-state index in [-0.39, 0.29) is 5.78 Å². The van der Waals surface area contributed by atoms with E-state index >= 15 is 0 Å². The third-order valence-corrected chi connectivity index (χ3v) is 1.20. The van der Waals surface area contributed by atoms with E-state index in [2.05, 4.69) is 6.58 Å². The molecule has 0 aromatic heterocycles. The summed E-state index contributed by atoms with van der Waals surface area (Å²) in [7, 11) is 0. The molecule has 0 saturated carbocycles. The predicted molar refractivity (Wildman–Crippen MR) is 37.0 cm³/mol. The van der Waals surface area contributed by atoms with Crippen LogP contribution in [0.2, 0.25) is 0 Å². The van der Waals surface area contributed by atoms with E-state index in [1.165, 1.54) is 6.08 Å². The van der Waals surface area contributed by atoms with Crippen molar-refractivity contribution in [2.24, 2.45) is 0 Å². The molecule has 1 aliphatic rings. The smallest absolute Gasteiger partial charge is 0.186 e. The molecule has 0 aromatic rings. The molecule has 0 atom stereocenters. The fourth-order valence-electron chi connectivity index (χ4n) is 0.624. The molecule has 0 bridgehead atoms. The van der Waals surface area contributed by atoms with Crippen LogP contribution in [-0.2, 0) is 4.79 Å². The fraction of sp³-hybridized carbons (Fsp3) is 0. The van der Waals surface area contributed by atoms with Gasteiger partial charge in [0.2, 0.25) is 0 Å². The first-order valence-corrected chi connectivity index (χ1v) is 2.77. The van der Waals surface area contributed by atoms with E-state index in [4.69, 9.17) is 5.26 Å². The van der Waals surface area contributed by atoms with E-state index in [9.17, 15) is 4.79 Å². The number of nitriles is 1. The van der Waals surface area contributed by atoms with Gasteiger partial charge in [0.05, 0.1) is 11.6 Å². The quantitative estimate of drug-likeness (QED) is 0.462. The molecule has 2 nitrogen and oxygen atoms in total. The molecule has 0 aromatic carbocycles. The minimum Gasteiger partial charge on any atom is -0.289 e. The van der Waals surface area contributed by atoms with Crippen LogP contribution in [0.4, 0.5) is 0 Å². The van der Waals surface area contributed by atoms with Crippen molar-refractivity contribution >= 4 is 5.78 Å². The number of carbonyl (C=O) groups is 1. The molecule has 1 aliphatic carbocycles. The maximum Gasteiger partial charge on any atom is 0.186 e. The van der Waals surface area contributed by atoms with Gasteiger partial charge in [-0.1, -0.05) is 12.7 Å². The summed E-state index contributed by atoms with van der Waals surface area (Å²) in [5.41, 5.74) is 0.816. The molecule has 48 valence electrons. The Morgan fingerprint density at radius 1 is 1.50 bits per heavy atom. The molecule has 0 radical (unpaired) electrons. The average molecular weight is 131 g/mol. The lowest BCUT2D eigenvalue weighted by Gasteiger charge is -1.98. The largest absolute Gasteiger partial charge is 0.289 e. The van der Waals surface area contributed by atoms with Crippen LogP contribution in [0.25, 0.3) is 0 Å². The molecular formula is C8H5NO. The van der Waals surface area contributed by atoms with E-state index in [1.54, 1.807) is 12.2 Å². The van der Waals surface area contributed by atoms with Crippen molar-refractivity contribution < 1.29 is 4.79 Å². The molecule has 0 N–H and O–H groups in total. The van der Waals surface area contributed by atoms with Crippen LogP contribution in [0.5, 0.6) is 0 Å². The third kappa shape index (κ3) is 1.03. The van der Waals surface area contributed by atoms with Crippen LogP contribution in [0.15, 0.2) is 36.0 Å². The number of hydrogen-bond donors (Lipinski definition) is 0. The van der Waals surface area contributed by atoms with Gasteiger partial charge in [-0.2, -0.15) is 5.26 Å². The molecule has 0 saturated heterocycles. The monoisotopic (exact) mass is 131 g/mol. The predicted octanol–water partition coefficient (Wildman–Crippen LogP) is 1.13. The van der Waals surface area contributed by atoms with Crippen molar-refractivity contribution in [2.45, 2.75) is 0 Å². The number of ketones is 1. The van der Waals surface area contributed by atoms with Crippen LogP contribution < -0.4 is 0 Å². The summed E-state index contributed by atoms with van der Waals surface area (Å²) in [5.74, 6) is -0.181. The lowest BCUT2D eigenvalue weighted by molar-refractivity contribution is -0.111. The summed E-state index contributed by atoms with van der Waals surface area (Å²) < 4.78 is 0. The Bertz CT molecular complexity index is 289. The number of allylic oxidation sites excluding steroid dienone is 5. The van der Waals surface area contributed by atoms with Crippen LogP contribution in [0.1, 0.15) is 0 Å². The Kier molecular flexibility index (Phi) is 1.51. The molecule has 0 amide bonds. The summed E-state index contributed by atoms with van der Waals surface area (Å²) in [6, 6.07) is 1.87. The highest BCUT2D eigenvalue weighted by Gasteiger charge is 2.06. The van der Waals surface area contributed by atoms with Gasteiger partial charge in [0.1, 0.15) is 0 Å². The molecule has 10 heavy (non-hydrogen) atoms. The first kappa shape index (κ1) is 6.50. The zero-order valence-corrected chi connectivity index (χ0v) is 5.29. The minimum absolute atomic E-state index is 0.181. The van der Waals surface area contributed by atoms with Crippen molar-refractivity contribution in [1.82, 2.24) is 0 Å². The highest BCUT2D eigenvalue weighted by molar-refractivity contribution is 6.08. The van der Waals surface area contributed by atoms with Crippen LogP contribution in [-0.4, -0.2) is 5.78 Å². The van der Waals surface area contributed by atoms with Crippen molar-refractivity contribution in [3.63, 3.8) is 0 Å². The van der Waals surface area contributed by atoms with Crippen molar-refractivity contribution in [2.75, 3.05) is 0 Å². The summed E-state index contributed by atoms with van der Waals surface area (Å²) in [4.78, 5) is 10.8. The number of nitrogens with zero attached hydrogens (tertiary/aromatic N) is 1. The average Bonchev–Trinajstić information content (AvgIpc) is 1.95. The number of hydrogen-bond acceptors (Lipinski definition) is 2. The summed E-state index contributed by atoms with van der Waals surface area (Å²) >= 11 is 0. The van der Waals surface area contributed by atoms with Gasteiger partial charge in [-0.25, -0.2) is 0 Å². The highest BCUT2D eigenvalue weighted by Crippen LogP contribution is 2.08. The number of carbonyl (C=O) groups excluding carboxylic acids is 1. The second kappa shape index (κ2) is 2.32. The van der Waals surface area contributed by atoms with E-state index < -0.39 is 0 Å². The van der Waals surface area contributed by atoms with E-state index in [0.29, 0.717) is 11.1 Å². The van der Waals surface area contributed by atoms with E-state index in [0.717, 1.165) is 0 Å². The second-order valence-corrected chi connectivity index (χ2v) is 1.93. The van der Waals surface area contributed by atoms with Gasteiger partial charge in [-0.3, -0.25) is 4.79 Å². The van der Waals surface area contributed by atoms with Crippen LogP contribution in [0, 0.1) is 11.3 Å². The standard InChI is InChI=1S/C8H5NO/c1-6-2-3-7(5-9)4-8(6)10/h2-4H,1H2. The zero-order valence-electron chi connectivity index (χ0n) is 5.29. The fourth-order valence-corrected chi connectivity index (χ4v) is 0.624. The third-order valence-electron chi connectivity index (χ3n) is 1.20. The summed E-state index contributed by atoms with van der Waals surface area (Å²) in [6.45, 7) is 3.47. The van der Waals surface area contributed by atoms with E-state index in [1.807, 2.05) is 6.07 Å². The Labute approximate surface area is 58.8 Å². The van der Waals surface area contributed by atoms with Crippen molar-refractivity contribution in [3.05, 3.63) is 36.0 Å². The number of rotatable bonds is 0. The van der Waals surface area contributed by atoms with Crippen LogP contribution in [0.3, 0.4) is 0 Å². The molecule has 0 heterocycles. The van der Waals surface area contributed by atoms with Gasteiger partial charge in [-0.15, -0.1) is 0 Å². The maximum absolute atomic E-state index is 10.8. The topological polar surface area (TPSA) is 40.9 Å². The summed E-state index contributed by atoms with van der Waals surface area (Å²) in [6.07, 6.45) is 4.40. The normalized spacial score (nSPS) is 16.5. The first-order valence-electron chi connectivity index (χ1n) is 2.77. The van der Waals surface area contributed by atoms with Gasteiger partial charge < -0.3 is 0 Å². The highest BCUT2D eigenvalue weighted by atomic mass is 16.1. The molecule has 0 fully saturated rings. The lowest BCUT2D eigenvalue weighted by Crippen LogP contribution is -1.99. The van der Waals surface area contributed by atoms with Gasteiger partial charge >= 0.3 is 0 Å². The van der Waals surface area contributed by atoms with Gasteiger partial charge in [0.15, 0.2) is 5.78 Å². The van der Waals surface area contributed by atoms with Crippen LogP contribution >= 0.6 is 0 Å². The van der Waals surface area contributed by atoms with Crippen molar-refractivity contribution in [1.29, 1.82) is 5.26 Å². The molecule has 0 spiro atoms. The molecule has 0 unspecified atom stereocenters. The minimum atomic E-state index is -0.181. The molecular weight excluding hydrogens is 126 g/mol. The lowest BCUT2D eigenvalue weighted by atomic mass is 10.0. The first-order chi connectivity index (χ1) is 4.74. The Morgan fingerprint density at radius 2 is 2.20 bits per heavy atom. The second-order valence-electron chi connectivity index (χ2n) is 1.93. The molecule has 2 heteroatoms. The van der Waals surface area contributed by atoms with Gasteiger partial charge in [0, 0.05) is 11.6 Å². The van der Waals surface area contributed by atoms with Crippen molar-refractivity contribution in [3.8, 4) is 6.07 Å². The maximum atomic E-state index is 10.8. The Balaban J connectivity index is 3.00. The van der Waals surface area contributed by atoms with Gasteiger partial charge in [0.25, 0.3) is 0 Å². The SMILES string of the molecule is C=C1C=CC(C#N)=CC1=O. The van der Waals surface area contributed by atoms with Gasteiger partial charge in [-0.05, 0) is 6.08 Å². The molecule has 0 aliphatic heterocycles. The Morgan fingerprint density at radius 3 is 2.70 bits per heavy atom. The summed E-state index contributed by atoms with van der Waals surface area (Å²) in [5, 5.41) is 8.34.